The zero-order valence-electron chi connectivity index (χ0n) is 19.4. The Kier molecular flexibility index (Phi) is 6.07. The number of pyridine rings is 1. The van der Waals surface area contributed by atoms with Gasteiger partial charge >= 0.3 is 5.97 Å². The summed E-state index contributed by atoms with van der Waals surface area (Å²) in [6, 6.07) is 11.5. The van der Waals surface area contributed by atoms with E-state index in [2.05, 4.69) is 16.4 Å². The van der Waals surface area contributed by atoms with Crippen LogP contribution in [0.2, 0.25) is 0 Å². The van der Waals surface area contributed by atoms with Crippen molar-refractivity contribution in [1.29, 1.82) is 5.26 Å². The number of aliphatic hydroxyl groups is 1. The van der Waals surface area contributed by atoms with Gasteiger partial charge in [0.05, 0.1) is 35.1 Å². The number of nitrogens with zero attached hydrogens (tertiary/aromatic N) is 3. The van der Waals surface area contributed by atoms with Crippen LogP contribution in [-0.2, 0) is 10.4 Å². The molecule has 5 rings (SSSR count). The Morgan fingerprint density at radius 3 is 2.54 bits per heavy atom. The van der Waals surface area contributed by atoms with Crippen LogP contribution >= 0.6 is 0 Å². The summed E-state index contributed by atoms with van der Waals surface area (Å²) < 4.78 is 1.83. The van der Waals surface area contributed by atoms with E-state index in [1.165, 1.54) is 0 Å². The molecular formula is C26H29N5O4. The zero-order chi connectivity index (χ0) is 24.6. The third kappa shape index (κ3) is 4.30. The molecular weight excluding hydrogens is 446 g/mol. The van der Waals surface area contributed by atoms with Crippen molar-refractivity contribution >= 4 is 28.4 Å². The molecule has 2 aromatic heterocycles. The number of aliphatic carboxylic acids is 1. The maximum atomic E-state index is 12.7. The standard InChI is InChI=1S/C26H29N5O4/c27-15-17-3-1-2-4-20(17)31-21-11-14-28-24(32)22(21)23(30-31)29-19-7-5-18(6-8-19)26(35)12-9-16(10-13-26)25(33)34/h5-8,11,14,16-17,20,35H,1-4,9-10,12-13H2,(H,28,32)(H,29,30)(H,33,34). The Morgan fingerprint density at radius 2 is 1.86 bits per heavy atom. The van der Waals surface area contributed by atoms with Gasteiger partial charge in [-0.25, -0.2) is 0 Å². The highest BCUT2D eigenvalue weighted by Crippen LogP contribution is 2.40. The summed E-state index contributed by atoms with van der Waals surface area (Å²) in [6.07, 6.45) is 7.02. The minimum atomic E-state index is -1.04. The average molecular weight is 476 g/mol. The number of rotatable bonds is 5. The van der Waals surface area contributed by atoms with Crippen LogP contribution in [-0.4, -0.2) is 30.9 Å². The molecule has 0 spiro atoms. The number of aromatic nitrogens is 3. The van der Waals surface area contributed by atoms with Crippen molar-refractivity contribution in [3.63, 3.8) is 0 Å². The Hall–Kier alpha value is -3.64. The number of aromatic amines is 1. The SMILES string of the molecule is N#CC1CCCCC1n1nc(Nc2ccc(C3(O)CCC(C(=O)O)CC3)cc2)c2c(=O)[nH]ccc21. The Labute approximate surface area is 202 Å². The molecule has 2 aliphatic rings. The molecule has 1 aromatic carbocycles. The number of hydrogen-bond donors (Lipinski definition) is 4. The first-order chi connectivity index (χ1) is 16.9. The number of nitrogens with one attached hydrogen (secondary N) is 2. The topological polar surface area (TPSA) is 144 Å². The van der Waals surface area contributed by atoms with Crippen molar-refractivity contribution in [3.8, 4) is 6.07 Å². The van der Waals surface area contributed by atoms with E-state index in [0.29, 0.717) is 48.1 Å². The molecule has 9 heteroatoms. The molecule has 0 radical (unpaired) electrons. The number of carbonyl (C=O) groups is 1. The van der Waals surface area contributed by atoms with Gasteiger partial charge in [-0.15, -0.1) is 0 Å². The normalized spacial score (nSPS) is 26.8. The van der Waals surface area contributed by atoms with Gasteiger partial charge in [-0.05, 0) is 62.3 Å². The van der Waals surface area contributed by atoms with Gasteiger partial charge in [0.25, 0.3) is 5.56 Å². The molecule has 2 heterocycles. The Balaban J connectivity index is 1.42. The molecule has 2 unspecified atom stereocenters. The molecule has 35 heavy (non-hydrogen) atoms. The molecule has 3 aromatic rings. The van der Waals surface area contributed by atoms with E-state index in [9.17, 15) is 25.1 Å². The second-order valence-corrected chi connectivity index (χ2v) is 9.79. The third-order valence-electron chi connectivity index (χ3n) is 7.69. The van der Waals surface area contributed by atoms with E-state index in [-0.39, 0.29) is 17.5 Å². The lowest BCUT2D eigenvalue weighted by Gasteiger charge is -2.35. The number of hydrogen-bond acceptors (Lipinski definition) is 6. The lowest BCUT2D eigenvalue weighted by Crippen LogP contribution is -2.33. The lowest BCUT2D eigenvalue weighted by molar-refractivity contribution is -0.145. The fourth-order valence-corrected chi connectivity index (χ4v) is 5.63. The predicted octanol–water partition coefficient (Wildman–Crippen LogP) is 4.19. The lowest BCUT2D eigenvalue weighted by atomic mass is 9.75. The molecule has 2 atom stereocenters. The van der Waals surface area contributed by atoms with Crippen LogP contribution in [0.4, 0.5) is 11.5 Å². The van der Waals surface area contributed by atoms with Crippen LogP contribution in [0.5, 0.6) is 0 Å². The van der Waals surface area contributed by atoms with Crippen molar-refractivity contribution in [2.75, 3.05) is 5.32 Å². The largest absolute Gasteiger partial charge is 0.481 e. The molecule has 182 valence electrons. The van der Waals surface area contributed by atoms with E-state index >= 15 is 0 Å². The third-order valence-corrected chi connectivity index (χ3v) is 7.69. The van der Waals surface area contributed by atoms with Gasteiger partial charge in [-0.2, -0.15) is 10.4 Å². The number of carboxylic acids is 1. The summed E-state index contributed by atoms with van der Waals surface area (Å²) in [4.78, 5) is 26.7. The van der Waals surface area contributed by atoms with E-state index in [1.807, 2.05) is 35.0 Å². The Morgan fingerprint density at radius 1 is 1.14 bits per heavy atom. The van der Waals surface area contributed by atoms with Crippen molar-refractivity contribution in [3.05, 3.63) is 52.4 Å². The maximum absolute atomic E-state index is 12.7. The van der Waals surface area contributed by atoms with Gasteiger partial charge < -0.3 is 20.5 Å². The van der Waals surface area contributed by atoms with E-state index in [4.69, 9.17) is 5.10 Å². The molecule has 2 saturated carbocycles. The van der Waals surface area contributed by atoms with Crippen molar-refractivity contribution in [2.24, 2.45) is 11.8 Å². The van der Waals surface area contributed by atoms with Crippen LogP contribution in [0, 0.1) is 23.2 Å². The molecule has 0 amide bonds. The summed E-state index contributed by atoms with van der Waals surface area (Å²) in [6.45, 7) is 0. The van der Waals surface area contributed by atoms with Gasteiger partial charge in [0.15, 0.2) is 5.82 Å². The summed E-state index contributed by atoms with van der Waals surface area (Å²) >= 11 is 0. The smallest absolute Gasteiger partial charge is 0.306 e. The van der Waals surface area contributed by atoms with Crippen molar-refractivity contribution < 1.29 is 15.0 Å². The highest BCUT2D eigenvalue weighted by Gasteiger charge is 2.37. The van der Waals surface area contributed by atoms with Gasteiger partial charge in [0.2, 0.25) is 0 Å². The summed E-state index contributed by atoms with van der Waals surface area (Å²) in [5, 5.41) is 38.4. The first-order valence-electron chi connectivity index (χ1n) is 12.2. The average Bonchev–Trinajstić information content (AvgIpc) is 3.24. The maximum Gasteiger partial charge on any atom is 0.306 e. The van der Waals surface area contributed by atoms with E-state index in [0.717, 1.165) is 31.2 Å². The van der Waals surface area contributed by atoms with Gasteiger partial charge in [-0.1, -0.05) is 25.0 Å². The zero-order valence-corrected chi connectivity index (χ0v) is 19.4. The number of carboxylic acid groups (broad SMARTS) is 1. The fraction of sp³-hybridized carbons (Fsp3) is 0.462. The monoisotopic (exact) mass is 475 g/mol. The quantitative estimate of drug-likeness (QED) is 0.433. The van der Waals surface area contributed by atoms with Crippen molar-refractivity contribution in [2.45, 2.75) is 63.0 Å². The second-order valence-electron chi connectivity index (χ2n) is 9.79. The van der Waals surface area contributed by atoms with Crippen molar-refractivity contribution in [1.82, 2.24) is 14.8 Å². The molecule has 0 bridgehead atoms. The van der Waals surface area contributed by atoms with Crippen LogP contribution in [0.15, 0.2) is 41.3 Å². The second kappa shape index (κ2) is 9.19. The first kappa shape index (κ1) is 23.1. The van der Waals surface area contributed by atoms with Gasteiger partial charge in [0, 0.05) is 11.9 Å². The number of H-pyrrole nitrogens is 1. The summed E-state index contributed by atoms with van der Waals surface area (Å²) in [5.41, 5.74) is 0.876. The molecule has 9 nitrogen and oxygen atoms in total. The molecule has 0 aliphatic heterocycles. The van der Waals surface area contributed by atoms with Gasteiger partial charge in [0.1, 0.15) is 5.39 Å². The minimum Gasteiger partial charge on any atom is -0.481 e. The highest BCUT2D eigenvalue weighted by molar-refractivity contribution is 5.91. The molecule has 4 N–H and O–H groups in total. The minimum absolute atomic E-state index is 0.0776. The number of nitriles is 1. The summed E-state index contributed by atoms with van der Waals surface area (Å²) in [7, 11) is 0. The first-order valence-corrected chi connectivity index (χ1v) is 12.2. The van der Waals surface area contributed by atoms with E-state index in [1.54, 1.807) is 6.20 Å². The van der Waals surface area contributed by atoms with Crippen LogP contribution < -0.4 is 10.9 Å². The predicted molar refractivity (Wildman–Crippen MR) is 130 cm³/mol. The van der Waals surface area contributed by atoms with Crippen LogP contribution in [0.1, 0.15) is 63.0 Å². The van der Waals surface area contributed by atoms with Gasteiger partial charge in [-0.3, -0.25) is 14.3 Å². The van der Waals surface area contributed by atoms with Crippen LogP contribution in [0.3, 0.4) is 0 Å². The molecule has 2 fully saturated rings. The number of fused-ring (bicyclic) bond motifs is 1. The number of anilines is 2. The molecule has 2 aliphatic carbocycles. The highest BCUT2D eigenvalue weighted by atomic mass is 16.4. The molecule has 0 saturated heterocycles. The van der Waals surface area contributed by atoms with E-state index < -0.39 is 17.5 Å². The summed E-state index contributed by atoms with van der Waals surface area (Å²) in [5.74, 6) is -0.919. The Bertz CT molecular complexity index is 1330. The van der Waals surface area contributed by atoms with Crippen LogP contribution in [0.25, 0.3) is 10.9 Å². The number of benzene rings is 1. The fourth-order valence-electron chi connectivity index (χ4n) is 5.63.